The fourth-order valence-corrected chi connectivity index (χ4v) is 4.09. The molecule has 1 amide bonds. The molecule has 6 heteroatoms. The normalized spacial score (nSPS) is 17.6. The number of hydrogen-bond donors (Lipinski definition) is 1. The number of benzene rings is 2. The highest BCUT2D eigenvalue weighted by atomic mass is 16.5. The predicted molar refractivity (Wildman–Crippen MR) is 132 cm³/mol. The van der Waals surface area contributed by atoms with E-state index in [-0.39, 0.29) is 17.4 Å². The molecule has 1 N–H and O–H groups in total. The van der Waals surface area contributed by atoms with E-state index in [1.54, 1.807) is 29.2 Å². The first-order valence-corrected chi connectivity index (χ1v) is 11.6. The summed E-state index contributed by atoms with van der Waals surface area (Å²) in [5.41, 5.74) is 2.39. The molecule has 176 valence electrons. The van der Waals surface area contributed by atoms with Gasteiger partial charge in [0.05, 0.1) is 17.7 Å². The number of carbonyl (C=O) groups is 2. The third-order valence-electron chi connectivity index (χ3n) is 5.75. The molecular formula is C27H34N2O4. The van der Waals surface area contributed by atoms with Crippen LogP contribution in [-0.2, 0) is 9.59 Å². The second kappa shape index (κ2) is 10.6. The number of unbranched alkanes of at least 4 members (excludes halogenated alkanes) is 2. The summed E-state index contributed by atoms with van der Waals surface area (Å²) in [6.07, 6.45) is 2.74. The van der Waals surface area contributed by atoms with Gasteiger partial charge in [-0.25, -0.2) is 0 Å². The Morgan fingerprint density at radius 1 is 1.09 bits per heavy atom. The van der Waals surface area contributed by atoms with Gasteiger partial charge in [0.25, 0.3) is 11.7 Å². The van der Waals surface area contributed by atoms with Crippen molar-refractivity contribution in [1.82, 2.24) is 4.90 Å². The van der Waals surface area contributed by atoms with Crippen LogP contribution in [0.15, 0.2) is 54.1 Å². The monoisotopic (exact) mass is 450 g/mol. The van der Waals surface area contributed by atoms with Crippen molar-refractivity contribution >= 4 is 23.1 Å². The molecule has 1 atom stereocenters. The summed E-state index contributed by atoms with van der Waals surface area (Å²) < 4.78 is 5.75. The zero-order valence-corrected chi connectivity index (χ0v) is 20.2. The lowest BCUT2D eigenvalue weighted by atomic mass is 9.95. The molecule has 3 rings (SSSR count). The molecule has 1 aliphatic heterocycles. The molecule has 33 heavy (non-hydrogen) atoms. The molecule has 0 aromatic heterocycles. The minimum absolute atomic E-state index is 0.0262. The summed E-state index contributed by atoms with van der Waals surface area (Å²) >= 11 is 0. The van der Waals surface area contributed by atoms with Crippen LogP contribution in [0.1, 0.15) is 57.2 Å². The van der Waals surface area contributed by atoms with Crippen molar-refractivity contribution in [2.24, 2.45) is 0 Å². The lowest BCUT2D eigenvalue weighted by molar-refractivity contribution is -0.139. The third-order valence-corrected chi connectivity index (χ3v) is 5.75. The minimum Gasteiger partial charge on any atom is -0.507 e. The Balaban J connectivity index is 2.09. The van der Waals surface area contributed by atoms with E-state index in [1.165, 1.54) is 0 Å². The average Bonchev–Trinajstić information content (AvgIpc) is 3.03. The van der Waals surface area contributed by atoms with Crippen molar-refractivity contribution < 1.29 is 19.4 Å². The van der Waals surface area contributed by atoms with Crippen LogP contribution in [0.25, 0.3) is 5.76 Å². The Bertz CT molecular complexity index is 1020. The maximum absolute atomic E-state index is 13.1. The first-order valence-electron chi connectivity index (χ1n) is 11.6. The van der Waals surface area contributed by atoms with Crippen molar-refractivity contribution in [1.29, 1.82) is 0 Å². The number of ketones is 1. The smallest absolute Gasteiger partial charge is 0.295 e. The maximum Gasteiger partial charge on any atom is 0.295 e. The van der Waals surface area contributed by atoms with Crippen molar-refractivity contribution in [2.75, 3.05) is 25.5 Å². The lowest BCUT2D eigenvalue weighted by Gasteiger charge is -2.26. The summed E-state index contributed by atoms with van der Waals surface area (Å²) in [4.78, 5) is 29.7. The first kappa shape index (κ1) is 24.4. The van der Waals surface area contributed by atoms with Crippen molar-refractivity contribution in [3.05, 3.63) is 65.2 Å². The van der Waals surface area contributed by atoms with Crippen molar-refractivity contribution in [3.63, 3.8) is 0 Å². The van der Waals surface area contributed by atoms with Gasteiger partial charge in [0, 0.05) is 31.9 Å². The van der Waals surface area contributed by atoms with Gasteiger partial charge in [-0.05, 0) is 50.1 Å². The van der Waals surface area contributed by atoms with Crippen LogP contribution >= 0.6 is 0 Å². The van der Waals surface area contributed by atoms with Crippen LogP contribution in [0.4, 0.5) is 5.69 Å². The van der Waals surface area contributed by atoms with Crippen LogP contribution in [0.3, 0.4) is 0 Å². The highest BCUT2D eigenvalue weighted by molar-refractivity contribution is 6.46. The van der Waals surface area contributed by atoms with Crippen LogP contribution in [-0.4, -0.2) is 48.4 Å². The molecule has 1 heterocycles. The molecular weight excluding hydrogens is 416 g/mol. The SMILES string of the molecule is CCCCCN1C(=O)C(=O)/C(=C(\O)c2cccc(OC(C)C)c2)C1c1ccc(N(C)C)cc1. The Hall–Kier alpha value is -3.28. The molecule has 0 bridgehead atoms. The molecule has 2 aromatic rings. The Morgan fingerprint density at radius 3 is 2.39 bits per heavy atom. The van der Waals surface area contributed by atoms with E-state index >= 15 is 0 Å². The van der Waals surface area contributed by atoms with E-state index in [4.69, 9.17) is 4.74 Å². The lowest BCUT2D eigenvalue weighted by Crippen LogP contribution is -2.30. The highest BCUT2D eigenvalue weighted by Crippen LogP contribution is 2.40. The quantitative estimate of drug-likeness (QED) is 0.248. The summed E-state index contributed by atoms with van der Waals surface area (Å²) in [7, 11) is 3.91. The van der Waals surface area contributed by atoms with Crippen LogP contribution < -0.4 is 9.64 Å². The molecule has 0 spiro atoms. The maximum atomic E-state index is 13.1. The molecule has 1 aliphatic rings. The molecule has 6 nitrogen and oxygen atoms in total. The highest BCUT2D eigenvalue weighted by Gasteiger charge is 2.45. The Morgan fingerprint density at radius 2 is 1.79 bits per heavy atom. The number of amides is 1. The zero-order chi connectivity index (χ0) is 24.1. The topological polar surface area (TPSA) is 70.1 Å². The number of nitrogens with zero attached hydrogens (tertiary/aromatic N) is 2. The fraction of sp³-hybridized carbons (Fsp3) is 0.407. The molecule has 1 saturated heterocycles. The Labute approximate surface area is 196 Å². The minimum atomic E-state index is -0.652. The standard InChI is InChI=1S/C27H34N2O4/c1-6-7-8-16-29-24(19-12-14-21(15-13-19)28(4)5)23(26(31)27(29)32)25(30)20-10-9-11-22(17-20)33-18(2)3/h9-15,17-18,24,30H,6-8,16H2,1-5H3/b25-23-. The molecule has 0 saturated carbocycles. The van der Waals surface area contributed by atoms with Crippen molar-refractivity contribution in [3.8, 4) is 5.75 Å². The summed E-state index contributed by atoms with van der Waals surface area (Å²) in [6, 6.07) is 14.1. The Kier molecular flexibility index (Phi) is 7.79. The van der Waals surface area contributed by atoms with E-state index < -0.39 is 17.7 Å². The van der Waals surface area contributed by atoms with E-state index in [1.807, 2.05) is 57.1 Å². The molecule has 0 radical (unpaired) electrons. The van der Waals surface area contributed by atoms with Gasteiger partial charge in [0.1, 0.15) is 11.5 Å². The number of anilines is 1. The van der Waals surface area contributed by atoms with E-state index in [2.05, 4.69) is 6.92 Å². The zero-order valence-electron chi connectivity index (χ0n) is 20.2. The van der Waals surface area contributed by atoms with E-state index in [0.717, 1.165) is 30.5 Å². The van der Waals surface area contributed by atoms with Gasteiger partial charge in [-0.2, -0.15) is 0 Å². The number of ether oxygens (including phenoxy) is 1. The summed E-state index contributed by atoms with van der Waals surface area (Å²) in [5.74, 6) is -0.801. The van der Waals surface area contributed by atoms with Gasteiger partial charge in [-0.3, -0.25) is 9.59 Å². The van der Waals surface area contributed by atoms with Gasteiger partial charge < -0.3 is 19.6 Å². The average molecular weight is 451 g/mol. The molecule has 1 unspecified atom stereocenters. The van der Waals surface area contributed by atoms with Crippen LogP contribution in [0.2, 0.25) is 0 Å². The molecule has 0 aliphatic carbocycles. The number of likely N-dealkylation sites (tertiary alicyclic amines) is 1. The van der Waals surface area contributed by atoms with Gasteiger partial charge in [-0.1, -0.05) is 44.0 Å². The van der Waals surface area contributed by atoms with Gasteiger partial charge >= 0.3 is 0 Å². The van der Waals surface area contributed by atoms with Crippen molar-refractivity contribution in [2.45, 2.75) is 52.2 Å². The molecule has 1 fully saturated rings. The number of carbonyl (C=O) groups excluding carboxylic acids is 2. The van der Waals surface area contributed by atoms with E-state index in [9.17, 15) is 14.7 Å². The van der Waals surface area contributed by atoms with E-state index in [0.29, 0.717) is 17.9 Å². The van der Waals surface area contributed by atoms with Gasteiger partial charge in [0.2, 0.25) is 0 Å². The summed E-state index contributed by atoms with van der Waals surface area (Å²) in [5, 5.41) is 11.2. The first-order chi connectivity index (χ1) is 15.7. The van der Waals surface area contributed by atoms with Gasteiger partial charge in [-0.15, -0.1) is 0 Å². The second-order valence-corrected chi connectivity index (χ2v) is 8.88. The van der Waals surface area contributed by atoms with Crippen LogP contribution in [0.5, 0.6) is 5.75 Å². The second-order valence-electron chi connectivity index (χ2n) is 8.88. The fourth-order valence-electron chi connectivity index (χ4n) is 4.09. The third kappa shape index (κ3) is 5.38. The number of Topliss-reactive ketones (excluding diaryl/α,β-unsaturated/α-hetero) is 1. The predicted octanol–water partition coefficient (Wildman–Crippen LogP) is 5.15. The van der Waals surface area contributed by atoms with Crippen LogP contribution in [0, 0.1) is 0 Å². The number of rotatable bonds is 9. The molecule has 2 aromatic carbocycles. The summed E-state index contributed by atoms with van der Waals surface area (Å²) in [6.45, 7) is 6.40. The van der Waals surface area contributed by atoms with Gasteiger partial charge in [0.15, 0.2) is 0 Å². The number of hydrogen-bond acceptors (Lipinski definition) is 5. The number of aliphatic hydroxyl groups excluding tert-OH is 1. The number of aliphatic hydroxyl groups is 1. The largest absolute Gasteiger partial charge is 0.507 e.